The second-order valence-corrected chi connectivity index (χ2v) is 9.39. The monoisotopic (exact) mass is 412 g/mol. The summed E-state index contributed by atoms with van der Waals surface area (Å²) >= 11 is 1.60. The van der Waals surface area contributed by atoms with Crippen LogP contribution in [0.15, 0.2) is 46.0 Å². The van der Waals surface area contributed by atoms with Gasteiger partial charge in [0.1, 0.15) is 5.82 Å². The van der Waals surface area contributed by atoms with Gasteiger partial charge in [-0.3, -0.25) is 4.79 Å². The van der Waals surface area contributed by atoms with Gasteiger partial charge in [0.15, 0.2) is 6.54 Å². The third-order valence-electron chi connectivity index (χ3n) is 4.69. The molecule has 0 atom stereocenters. The number of amides is 1. The van der Waals surface area contributed by atoms with Gasteiger partial charge in [0.2, 0.25) is 10.0 Å². The summed E-state index contributed by atoms with van der Waals surface area (Å²) in [5, 5.41) is 4.00. The molecule has 2 aromatic rings. The average molecular weight is 413 g/mol. The summed E-state index contributed by atoms with van der Waals surface area (Å²) in [7, 11) is -1.92. The lowest BCUT2D eigenvalue weighted by atomic mass is 10.3. The Morgan fingerprint density at radius 2 is 2.04 bits per heavy atom. The van der Waals surface area contributed by atoms with Crippen LogP contribution in [0.3, 0.4) is 0 Å². The van der Waals surface area contributed by atoms with Gasteiger partial charge in [0, 0.05) is 13.6 Å². The number of thiophene rings is 1. The molecule has 1 amide bonds. The van der Waals surface area contributed by atoms with E-state index in [0.717, 1.165) is 16.5 Å². The van der Waals surface area contributed by atoms with Crippen LogP contribution in [0.25, 0.3) is 0 Å². The Balaban J connectivity index is 1.53. The van der Waals surface area contributed by atoms with E-state index in [0.29, 0.717) is 39.3 Å². The van der Waals surface area contributed by atoms with E-state index in [1.165, 1.54) is 22.5 Å². The molecule has 1 aromatic carbocycles. The molecule has 9 heteroatoms. The standard InChI is InChI=1S/C18H22FN3O3S2/c1-20(12-15-5-10-26-14-15)18(23)13-21-6-8-22(9-7-21)27(24,25)17-4-2-3-16(19)11-17/h2-5,10-11,14H,6-9,12-13H2,1H3/p+1. The highest BCUT2D eigenvalue weighted by Gasteiger charge is 2.31. The van der Waals surface area contributed by atoms with Crippen LogP contribution in [0, 0.1) is 5.82 Å². The number of piperazine rings is 1. The molecule has 27 heavy (non-hydrogen) atoms. The number of nitrogens with zero attached hydrogens (tertiary/aromatic N) is 2. The van der Waals surface area contributed by atoms with Crippen LogP contribution < -0.4 is 4.90 Å². The fourth-order valence-electron chi connectivity index (χ4n) is 3.09. The normalized spacial score (nSPS) is 16.4. The van der Waals surface area contributed by atoms with Gasteiger partial charge in [-0.05, 0) is 40.6 Å². The summed E-state index contributed by atoms with van der Waals surface area (Å²) < 4.78 is 40.0. The van der Waals surface area contributed by atoms with Gasteiger partial charge in [0.05, 0.1) is 31.1 Å². The SMILES string of the molecule is CN(Cc1ccsc1)C(=O)C[NH+]1CCN(S(=O)(=O)c2cccc(F)c2)CC1. The number of rotatable bonds is 6. The Bertz CT molecular complexity index is 879. The zero-order valence-corrected chi connectivity index (χ0v) is 16.7. The molecule has 2 heterocycles. The quantitative estimate of drug-likeness (QED) is 0.749. The molecular weight excluding hydrogens is 389 g/mol. The Labute approximate surface area is 162 Å². The van der Waals surface area contributed by atoms with E-state index >= 15 is 0 Å². The first-order chi connectivity index (χ1) is 12.9. The summed E-state index contributed by atoms with van der Waals surface area (Å²) in [5.41, 5.74) is 1.11. The van der Waals surface area contributed by atoms with Crippen molar-refractivity contribution in [3.63, 3.8) is 0 Å². The smallest absolute Gasteiger partial charge is 0.277 e. The first kappa shape index (κ1) is 19.9. The zero-order chi connectivity index (χ0) is 19.4. The van der Waals surface area contributed by atoms with E-state index < -0.39 is 15.8 Å². The number of carbonyl (C=O) groups is 1. The zero-order valence-electron chi connectivity index (χ0n) is 15.1. The topological polar surface area (TPSA) is 62.1 Å². The number of nitrogens with one attached hydrogen (secondary N) is 1. The molecule has 1 saturated heterocycles. The molecule has 146 valence electrons. The Kier molecular flexibility index (Phi) is 6.25. The molecule has 0 unspecified atom stereocenters. The number of quaternary nitrogens is 1. The van der Waals surface area contributed by atoms with E-state index in [2.05, 4.69) is 0 Å². The molecule has 1 fully saturated rings. The van der Waals surface area contributed by atoms with Crippen LogP contribution in [-0.4, -0.2) is 63.3 Å². The Morgan fingerprint density at radius 1 is 1.30 bits per heavy atom. The first-order valence-corrected chi connectivity index (χ1v) is 11.1. The second-order valence-electron chi connectivity index (χ2n) is 6.67. The van der Waals surface area contributed by atoms with Gasteiger partial charge in [0.25, 0.3) is 5.91 Å². The Hall–Kier alpha value is -1.81. The first-order valence-electron chi connectivity index (χ1n) is 8.70. The van der Waals surface area contributed by atoms with E-state index in [9.17, 15) is 17.6 Å². The van der Waals surface area contributed by atoms with Crippen molar-refractivity contribution in [1.29, 1.82) is 0 Å². The molecular formula is C18H23FN3O3S2+. The lowest BCUT2D eigenvalue weighted by Gasteiger charge is -2.32. The van der Waals surface area contributed by atoms with Crippen LogP contribution >= 0.6 is 11.3 Å². The van der Waals surface area contributed by atoms with Gasteiger partial charge in [-0.25, -0.2) is 12.8 Å². The highest BCUT2D eigenvalue weighted by Crippen LogP contribution is 2.16. The van der Waals surface area contributed by atoms with Crippen molar-refractivity contribution in [1.82, 2.24) is 9.21 Å². The highest BCUT2D eigenvalue weighted by molar-refractivity contribution is 7.89. The average Bonchev–Trinajstić information content (AvgIpc) is 3.15. The number of benzene rings is 1. The molecule has 0 radical (unpaired) electrons. The fourth-order valence-corrected chi connectivity index (χ4v) is 5.22. The molecule has 6 nitrogen and oxygen atoms in total. The van der Waals surface area contributed by atoms with Gasteiger partial charge in [-0.2, -0.15) is 15.6 Å². The molecule has 1 aliphatic heterocycles. The molecule has 0 spiro atoms. The number of likely N-dealkylation sites (N-methyl/N-ethyl adjacent to an activating group) is 1. The molecule has 1 aromatic heterocycles. The van der Waals surface area contributed by atoms with E-state index in [-0.39, 0.29) is 10.8 Å². The number of carbonyl (C=O) groups excluding carboxylic acids is 1. The predicted octanol–water partition coefficient (Wildman–Crippen LogP) is 0.435. The van der Waals surface area contributed by atoms with Crippen molar-refractivity contribution in [2.24, 2.45) is 0 Å². The number of sulfonamides is 1. The van der Waals surface area contributed by atoms with Gasteiger partial charge >= 0.3 is 0 Å². The minimum atomic E-state index is -3.70. The summed E-state index contributed by atoms with van der Waals surface area (Å²) in [4.78, 5) is 15.1. The van der Waals surface area contributed by atoms with E-state index in [4.69, 9.17) is 0 Å². The third-order valence-corrected chi connectivity index (χ3v) is 7.32. The van der Waals surface area contributed by atoms with Crippen LogP contribution in [0.4, 0.5) is 4.39 Å². The van der Waals surface area contributed by atoms with Crippen LogP contribution in [-0.2, 0) is 21.4 Å². The molecule has 0 aliphatic carbocycles. The number of halogens is 1. The fraction of sp³-hybridized carbons (Fsp3) is 0.389. The number of hydrogen-bond acceptors (Lipinski definition) is 4. The van der Waals surface area contributed by atoms with Gasteiger partial charge < -0.3 is 9.80 Å². The molecule has 1 aliphatic rings. The van der Waals surface area contributed by atoms with Crippen molar-refractivity contribution in [2.75, 3.05) is 39.8 Å². The largest absolute Gasteiger partial charge is 0.337 e. The summed E-state index contributed by atoms with van der Waals surface area (Å²) in [6.45, 7) is 2.65. The molecule has 3 rings (SSSR count). The maximum absolute atomic E-state index is 13.4. The minimum Gasteiger partial charge on any atom is -0.337 e. The van der Waals surface area contributed by atoms with Crippen LogP contribution in [0.5, 0.6) is 0 Å². The Morgan fingerprint density at radius 3 is 2.67 bits per heavy atom. The molecule has 0 bridgehead atoms. The number of hydrogen-bond donors (Lipinski definition) is 1. The molecule has 1 N–H and O–H groups in total. The van der Waals surface area contributed by atoms with Gasteiger partial charge in [-0.15, -0.1) is 0 Å². The lowest BCUT2D eigenvalue weighted by molar-refractivity contribution is -0.896. The van der Waals surface area contributed by atoms with E-state index in [1.54, 1.807) is 23.3 Å². The minimum absolute atomic E-state index is 0.0301. The van der Waals surface area contributed by atoms with E-state index in [1.807, 2.05) is 16.8 Å². The summed E-state index contributed by atoms with van der Waals surface area (Å²) in [6, 6.07) is 7.06. The van der Waals surface area contributed by atoms with Crippen molar-refractivity contribution in [2.45, 2.75) is 11.4 Å². The van der Waals surface area contributed by atoms with Crippen LogP contribution in [0.2, 0.25) is 0 Å². The van der Waals surface area contributed by atoms with Crippen molar-refractivity contribution in [3.05, 3.63) is 52.5 Å². The molecule has 0 saturated carbocycles. The summed E-state index contributed by atoms with van der Waals surface area (Å²) in [6.07, 6.45) is 0. The third kappa shape index (κ3) is 4.92. The van der Waals surface area contributed by atoms with Crippen LogP contribution in [0.1, 0.15) is 5.56 Å². The maximum atomic E-state index is 13.4. The highest BCUT2D eigenvalue weighted by atomic mass is 32.2. The predicted molar refractivity (Wildman–Crippen MR) is 102 cm³/mol. The van der Waals surface area contributed by atoms with Crippen molar-refractivity contribution < 1.29 is 22.5 Å². The second kappa shape index (κ2) is 8.47. The lowest BCUT2D eigenvalue weighted by Crippen LogP contribution is -3.15. The van der Waals surface area contributed by atoms with Crippen molar-refractivity contribution >= 4 is 27.3 Å². The maximum Gasteiger partial charge on any atom is 0.277 e. The van der Waals surface area contributed by atoms with Crippen molar-refractivity contribution in [3.8, 4) is 0 Å². The summed E-state index contributed by atoms with van der Waals surface area (Å²) in [5.74, 6) is -0.530. The van der Waals surface area contributed by atoms with Gasteiger partial charge in [-0.1, -0.05) is 6.07 Å².